The van der Waals surface area contributed by atoms with E-state index in [0.717, 1.165) is 0 Å². The number of nitro benzene ring substituents is 1. The molecule has 0 aliphatic heterocycles. The maximum Gasteiger partial charge on any atom is 0.312 e. The summed E-state index contributed by atoms with van der Waals surface area (Å²) in [5, 5.41) is 20.2. The third kappa shape index (κ3) is 3.46. The largest absolute Gasteiger partial charge is 0.483 e. The highest BCUT2D eigenvalue weighted by atomic mass is 79.9. The van der Waals surface area contributed by atoms with Crippen LogP contribution in [0.25, 0.3) is 0 Å². The Kier molecular flexibility index (Phi) is 3.88. The third-order valence-corrected chi connectivity index (χ3v) is 2.34. The van der Waals surface area contributed by atoms with Crippen molar-refractivity contribution in [2.45, 2.75) is 19.4 Å². The zero-order valence-electron chi connectivity index (χ0n) is 8.94. The van der Waals surface area contributed by atoms with Gasteiger partial charge in [0.1, 0.15) is 6.61 Å². The number of aliphatic hydroxyl groups is 1. The molecular formula is C10H12BrNO4. The van der Waals surface area contributed by atoms with Crippen LogP contribution in [0.3, 0.4) is 0 Å². The number of nitro groups is 1. The van der Waals surface area contributed by atoms with Crippen LogP contribution in [0, 0.1) is 10.1 Å². The Morgan fingerprint density at radius 1 is 1.56 bits per heavy atom. The van der Waals surface area contributed by atoms with Crippen molar-refractivity contribution in [3.8, 4) is 5.75 Å². The molecule has 5 nitrogen and oxygen atoms in total. The summed E-state index contributed by atoms with van der Waals surface area (Å²) in [6, 6.07) is 4.55. The number of rotatable bonds is 4. The second kappa shape index (κ2) is 4.80. The summed E-state index contributed by atoms with van der Waals surface area (Å²) in [6.45, 7) is 3.11. The van der Waals surface area contributed by atoms with Gasteiger partial charge in [0.25, 0.3) is 0 Å². The fourth-order valence-corrected chi connectivity index (χ4v) is 1.50. The minimum absolute atomic E-state index is 0.0174. The van der Waals surface area contributed by atoms with Crippen LogP contribution in [-0.4, -0.2) is 22.2 Å². The number of benzene rings is 1. The number of hydrogen-bond donors (Lipinski definition) is 1. The normalized spacial score (nSPS) is 11.2. The molecule has 0 aliphatic carbocycles. The van der Waals surface area contributed by atoms with E-state index in [2.05, 4.69) is 15.9 Å². The lowest BCUT2D eigenvalue weighted by molar-refractivity contribution is -0.386. The molecule has 0 heterocycles. The Morgan fingerprint density at radius 2 is 2.19 bits per heavy atom. The topological polar surface area (TPSA) is 72.6 Å². The number of nitrogens with zero attached hydrogens (tertiary/aromatic N) is 1. The van der Waals surface area contributed by atoms with Crippen LogP contribution in [0.15, 0.2) is 22.7 Å². The van der Waals surface area contributed by atoms with Crippen molar-refractivity contribution in [1.82, 2.24) is 0 Å². The standard InChI is InChI=1S/C10H12BrNO4/c1-10(2,13)6-16-9-7(11)4-3-5-8(9)12(14)15/h3-5,13H,6H2,1-2H3. The molecule has 0 radical (unpaired) electrons. The van der Waals surface area contributed by atoms with Gasteiger partial charge in [0.2, 0.25) is 5.75 Å². The fourth-order valence-electron chi connectivity index (χ4n) is 1.03. The lowest BCUT2D eigenvalue weighted by atomic mass is 10.2. The molecular weight excluding hydrogens is 278 g/mol. The van der Waals surface area contributed by atoms with Crippen LogP contribution >= 0.6 is 15.9 Å². The number of ether oxygens (including phenoxy) is 1. The van der Waals surface area contributed by atoms with Crippen molar-refractivity contribution >= 4 is 21.6 Å². The second-order valence-corrected chi connectivity index (χ2v) is 4.80. The van der Waals surface area contributed by atoms with E-state index in [0.29, 0.717) is 4.47 Å². The Balaban J connectivity index is 2.98. The summed E-state index contributed by atoms with van der Waals surface area (Å²) in [7, 11) is 0. The van der Waals surface area contributed by atoms with Crippen molar-refractivity contribution in [2.24, 2.45) is 0 Å². The van der Waals surface area contributed by atoms with Crippen LogP contribution in [-0.2, 0) is 0 Å². The lowest BCUT2D eigenvalue weighted by Gasteiger charge is -2.18. The number of para-hydroxylation sites is 1. The smallest absolute Gasteiger partial charge is 0.312 e. The Morgan fingerprint density at radius 3 is 2.69 bits per heavy atom. The van der Waals surface area contributed by atoms with E-state index in [-0.39, 0.29) is 18.0 Å². The first-order valence-corrected chi connectivity index (χ1v) is 5.38. The van der Waals surface area contributed by atoms with E-state index in [1.807, 2.05) is 0 Å². The lowest BCUT2D eigenvalue weighted by Crippen LogP contribution is -2.28. The van der Waals surface area contributed by atoms with Crippen LogP contribution in [0.5, 0.6) is 5.75 Å². The van der Waals surface area contributed by atoms with Gasteiger partial charge in [-0.3, -0.25) is 10.1 Å². The van der Waals surface area contributed by atoms with Crippen LogP contribution in [0.4, 0.5) is 5.69 Å². The molecule has 0 unspecified atom stereocenters. The molecule has 0 bridgehead atoms. The molecule has 0 spiro atoms. The molecule has 0 amide bonds. The van der Waals surface area contributed by atoms with Gasteiger partial charge in [-0.15, -0.1) is 0 Å². The molecule has 16 heavy (non-hydrogen) atoms. The first-order valence-electron chi connectivity index (χ1n) is 4.59. The first-order chi connectivity index (χ1) is 7.31. The summed E-state index contributed by atoms with van der Waals surface area (Å²) in [5.74, 6) is 0.134. The average Bonchev–Trinajstić information content (AvgIpc) is 2.13. The van der Waals surface area contributed by atoms with E-state index in [9.17, 15) is 15.2 Å². The van der Waals surface area contributed by atoms with Gasteiger partial charge in [-0.25, -0.2) is 0 Å². The van der Waals surface area contributed by atoms with Gasteiger partial charge < -0.3 is 9.84 Å². The third-order valence-electron chi connectivity index (χ3n) is 1.71. The predicted octanol–water partition coefficient (Wildman–Crippen LogP) is 2.51. The molecule has 0 atom stereocenters. The molecule has 1 aromatic rings. The fraction of sp³-hybridized carbons (Fsp3) is 0.400. The SMILES string of the molecule is CC(C)(O)COc1c(Br)cccc1[N+](=O)[O-]. The molecule has 1 aromatic carbocycles. The van der Waals surface area contributed by atoms with E-state index in [1.165, 1.54) is 6.07 Å². The molecule has 1 N–H and O–H groups in total. The zero-order chi connectivity index (χ0) is 12.3. The van der Waals surface area contributed by atoms with Gasteiger partial charge in [0, 0.05) is 6.07 Å². The Labute approximate surface area is 101 Å². The van der Waals surface area contributed by atoms with Crippen molar-refractivity contribution in [3.63, 3.8) is 0 Å². The highest BCUT2D eigenvalue weighted by molar-refractivity contribution is 9.10. The van der Waals surface area contributed by atoms with Crippen LogP contribution < -0.4 is 4.74 Å². The summed E-state index contributed by atoms with van der Waals surface area (Å²) >= 11 is 3.17. The first kappa shape index (κ1) is 12.9. The van der Waals surface area contributed by atoms with Gasteiger partial charge in [-0.05, 0) is 35.8 Å². The van der Waals surface area contributed by atoms with Gasteiger partial charge >= 0.3 is 5.69 Å². The van der Waals surface area contributed by atoms with E-state index >= 15 is 0 Å². The van der Waals surface area contributed by atoms with Crippen LogP contribution in [0.2, 0.25) is 0 Å². The molecule has 0 aromatic heterocycles. The molecule has 0 saturated carbocycles. The maximum absolute atomic E-state index is 10.7. The molecule has 6 heteroatoms. The minimum Gasteiger partial charge on any atom is -0.483 e. The summed E-state index contributed by atoms with van der Waals surface area (Å²) in [4.78, 5) is 10.2. The molecule has 0 aliphatic rings. The zero-order valence-corrected chi connectivity index (χ0v) is 10.5. The predicted molar refractivity (Wildman–Crippen MR) is 62.6 cm³/mol. The highest BCUT2D eigenvalue weighted by Gasteiger charge is 2.21. The van der Waals surface area contributed by atoms with Gasteiger partial charge in [-0.1, -0.05) is 6.07 Å². The number of hydrogen-bond acceptors (Lipinski definition) is 4. The summed E-state index contributed by atoms with van der Waals surface area (Å²) < 4.78 is 5.75. The molecule has 0 fully saturated rings. The van der Waals surface area contributed by atoms with E-state index < -0.39 is 10.5 Å². The number of halogens is 1. The minimum atomic E-state index is -1.04. The maximum atomic E-state index is 10.7. The van der Waals surface area contributed by atoms with Crippen molar-refractivity contribution in [1.29, 1.82) is 0 Å². The molecule has 0 saturated heterocycles. The molecule has 88 valence electrons. The quantitative estimate of drug-likeness (QED) is 0.683. The van der Waals surface area contributed by atoms with Crippen LogP contribution in [0.1, 0.15) is 13.8 Å². The van der Waals surface area contributed by atoms with E-state index in [4.69, 9.17) is 4.74 Å². The van der Waals surface area contributed by atoms with Crippen molar-refractivity contribution < 1.29 is 14.8 Å². The molecule has 1 rings (SSSR count). The van der Waals surface area contributed by atoms with Crippen molar-refractivity contribution in [2.75, 3.05) is 6.61 Å². The van der Waals surface area contributed by atoms with Gasteiger partial charge in [0.05, 0.1) is 15.0 Å². The monoisotopic (exact) mass is 289 g/mol. The van der Waals surface area contributed by atoms with E-state index in [1.54, 1.807) is 26.0 Å². The highest BCUT2D eigenvalue weighted by Crippen LogP contribution is 2.34. The Hall–Kier alpha value is -1.14. The van der Waals surface area contributed by atoms with Gasteiger partial charge in [0.15, 0.2) is 0 Å². The Bertz CT molecular complexity index is 400. The van der Waals surface area contributed by atoms with Gasteiger partial charge in [-0.2, -0.15) is 0 Å². The summed E-state index contributed by atoms with van der Waals surface area (Å²) in [5.41, 5.74) is -1.16. The second-order valence-electron chi connectivity index (χ2n) is 3.95. The van der Waals surface area contributed by atoms with Crippen molar-refractivity contribution in [3.05, 3.63) is 32.8 Å². The average molecular weight is 290 g/mol. The summed E-state index contributed by atoms with van der Waals surface area (Å²) in [6.07, 6.45) is 0.